The minimum atomic E-state index is -3.99. The van der Waals surface area contributed by atoms with Crippen LogP contribution >= 0.6 is 11.7 Å². The van der Waals surface area contributed by atoms with Crippen molar-refractivity contribution < 1.29 is 18.3 Å². The average Bonchev–Trinajstić information content (AvgIpc) is 2.91. The van der Waals surface area contributed by atoms with Gasteiger partial charge in [-0.3, -0.25) is 4.79 Å². The fourth-order valence-electron chi connectivity index (χ4n) is 1.60. The van der Waals surface area contributed by atoms with E-state index >= 15 is 0 Å². The highest BCUT2D eigenvalue weighted by atomic mass is 32.2. The summed E-state index contributed by atoms with van der Waals surface area (Å²) in [6, 6.07) is 3.28. The third-order valence-electron chi connectivity index (χ3n) is 2.58. The summed E-state index contributed by atoms with van der Waals surface area (Å²) in [5.41, 5.74) is 0.692. The molecular formula is C10H12N4O4S2. The number of rotatable bonds is 5. The summed E-state index contributed by atoms with van der Waals surface area (Å²) in [5.74, 6) is -0.625. The molecule has 8 nitrogen and oxygen atoms in total. The van der Waals surface area contributed by atoms with E-state index in [4.69, 9.17) is 5.11 Å². The van der Waals surface area contributed by atoms with E-state index in [0.717, 1.165) is 11.7 Å². The Bertz CT molecular complexity index is 728. The van der Waals surface area contributed by atoms with Crippen LogP contribution in [0.3, 0.4) is 0 Å². The number of benzene rings is 1. The molecule has 0 radical (unpaired) electrons. The van der Waals surface area contributed by atoms with E-state index in [1.54, 1.807) is 6.07 Å². The number of aliphatic hydroxyl groups excluding tert-OH is 1. The molecule has 0 spiro atoms. The van der Waals surface area contributed by atoms with Crippen molar-refractivity contribution in [2.24, 2.45) is 0 Å². The minimum absolute atomic E-state index is 0.0777. The lowest BCUT2D eigenvalue weighted by Gasteiger charge is -2.14. The number of amides is 1. The molecule has 0 aliphatic rings. The molecule has 108 valence electrons. The number of hydrogen-bond acceptors (Lipinski definition) is 7. The van der Waals surface area contributed by atoms with Gasteiger partial charge in [0.25, 0.3) is 0 Å². The Morgan fingerprint density at radius 1 is 1.45 bits per heavy atom. The first kappa shape index (κ1) is 14.8. The number of aliphatic hydroxyl groups is 1. The van der Waals surface area contributed by atoms with Crippen molar-refractivity contribution in [2.75, 3.05) is 13.7 Å². The lowest BCUT2D eigenvalue weighted by Crippen LogP contribution is -2.47. The number of carbonyl (C=O) groups is 1. The van der Waals surface area contributed by atoms with E-state index in [1.165, 1.54) is 19.2 Å². The van der Waals surface area contributed by atoms with Crippen LogP contribution in [0.2, 0.25) is 0 Å². The normalized spacial score (nSPS) is 13.3. The maximum Gasteiger partial charge on any atom is 0.243 e. The number of nitrogens with zero attached hydrogens (tertiary/aromatic N) is 2. The first-order valence-electron chi connectivity index (χ1n) is 5.55. The fourth-order valence-corrected chi connectivity index (χ4v) is 3.55. The second-order valence-corrected chi connectivity index (χ2v) is 6.07. The predicted molar refractivity (Wildman–Crippen MR) is 72.7 cm³/mol. The van der Waals surface area contributed by atoms with Gasteiger partial charge in [-0.15, -0.1) is 0 Å². The van der Waals surface area contributed by atoms with Crippen LogP contribution in [0.5, 0.6) is 0 Å². The van der Waals surface area contributed by atoms with E-state index in [2.05, 4.69) is 18.8 Å². The molecule has 0 unspecified atom stereocenters. The lowest BCUT2D eigenvalue weighted by molar-refractivity contribution is -0.123. The molecule has 2 aromatic rings. The zero-order valence-corrected chi connectivity index (χ0v) is 12.0. The summed E-state index contributed by atoms with van der Waals surface area (Å²) < 4.78 is 34.6. The van der Waals surface area contributed by atoms with Crippen LogP contribution in [0.25, 0.3) is 11.0 Å². The SMILES string of the molecule is CNC(=O)[C@@H](CO)NS(=O)(=O)c1cccc2nsnc12. The molecule has 0 bridgehead atoms. The Morgan fingerprint density at radius 3 is 2.85 bits per heavy atom. The van der Waals surface area contributed by atoms with Crippen molar-refractivity contribution in [3.8, 4) is 0 Å². The summed E-state index contributed by atoms with van der Waals surface area (Å²) in [6.07, 6.45) is 0. The highest BCUT2D eigenvalue weighted by Gasteiger charge is 2.26. The van der Waals surface area contributed by atoms with E-state index in [0.29, 0.717) is 5.52 Å². The smallest absolute Gasteiger partial charge is 0.243 e. The molecule has 0 aliphatic heterocycles. The van der Waals surface area contributed by atoms with Gasteiger partial charge < -0.3 is 10.4 Å². The minimum Gasteiger partial charge on any atom is -0.394 e. The molecule has 1 heterocycles. The Balaban J connectivity index is 2.40. The highest BCUT2D eigenvalue weighted by Crippen LogP contribution is 2.21. The second-order valence-electron chi connectivity index (χ2n) is 3.86. The largest absolute Gasteiger partial charge is 0.394 e. The molecule has 1 amide bonds. The Kier molecular flexibility index (Phi) is 4.28. The topological polar surface area (TPSA) is 121 Å². The first-order valence-corrected chi connectivity index (χ1v) is 7.77. The van der Waals surface area contributed by atoms with Gasteiger partial charge in [-0.1, -0.05) is 6.07 Å². The standard InChI is InChI=1S/C10H12N4O4S2/c1-11-10(16)7(5-15)14-20(17,18)8-4-2-3-6-9(8)13-19-12-6/h2-4,7,14-15H,5H2,1H3,(H,11,16)/t7-/m1/s1. The van der Waals surface area contributed by atoms with Crippen molar-refractivity contribution >= 4 is 38.7 Å². The Morgan fingerprint density at radius 2 is 2.20 bits per heavy atom. The number of likely N-dealkylation sites (N-methyl/N-ethyl adjacent to an activating group) is 1. The molecular weight excluding hydrogens is 304 g/mol. The molecule has 0 fully saturated rings. The van der Waals surface area contributed by atoms with Crippen LogP contribution in [0, 0.1) is 0 Å². The van der Waals surface area contributed by atoms with Gasteiger partial charge in [0.2, 0.25) is 15.9 Å². The predicted octanol–water partition coefficient (Wildman–Crippen LogP) is -0.924. The summed E-state index contributed by atoms with van der Waals surface area (Å²) in [4.78, 5) is 11.4. The van der Waals surface area contributed by atoms with E-state index in [9.17, 15) is 13.2 Å². The Hall–Kier alpha value is -1.62. The van der Waals surface area contributed by atoms with Crippen LogP contribution in [0.15, 0.2) is 23.1 Å². The van der Waals surface area contributed by atoms with Crippen LogP contribution in [0.1, 0.15) is 0 Å². The van der Waals surface area contributed by atoms with Gasteiger partial charge in [0.05, 0.1) is 18.3 Å². The van der Waals surface area contributed by atoms with Crippen molar-refractivity contribution in [1.82, 2.24) is 18.8 Å². The van der Waals surface area contributed by atoms with Gasteiger partial charge in [0.15, 0.2) is 0 Å². The van der Waals surface area contributed by atoms with E-state index < -0.39 is 28.6 Å². The molecule has 10 heteroatoms. The van der Waals surface area contributed by atoms with E-state index in [-0.39, 0.29) is 10.4 Å². The third-order valence-corrected chi connectivity index (χ3v) is 4.63. The average molecular weight is 316 g/mol. The van der Waals surface area contributed by atoms with Gasteiger partial charge in [0.1, 0.15) is 22.0 Å². The van der Waals surface area contributed by atoms with Crippen LogP contribution in [0.4, 0.5) is 0 Å². The van der Waals surface area contributed by atoms with Crippen molar-refractivity contribution in [3.63, 3.8) is 0 Å². The quantitative estimate of drug-likeness (QED) is 0.656. The molecule has 0 aliphatic carbocycles. The molecule has 3 N–H and O–H groups in total. The van der Waals surface area contributed by atoms with Crippen LogP contribution in [-0.2, 0) is 14.8 Å². The third kappa shape index (κ3) is 2.77. The number of nitrogens with one attached hydrogen (secondary N) is 2. The van der Waals surface area contributed by atoms with Gasteiger partial charge in [-0.05, 0) is 12.1 Å². The van der Waals surface area contributed by atoms with E-state index in [1.807, 2.05) is 0 Å². The summed E-state index contributed by atoms with van der Waals surface area (Å²) >= 11 is 0.898. The zero-order chi connectivity index (χ0) is 14.8. The van der Waals surface area contributed by atoms with Crippen molar-refractivity contribution in [1.29, 1.82) is 0 Å². The van der Waals surface area contributed by atoms with Gasteiger partial charge in [-0.25, -0.2) is 8.42 Å². The molecule has 0 saturated heterocycles. The zero-order valence-electron chi connectivity index (χ0n) is 10.4. The first-order chi connectivity index (χ1) is 9.49. The van der Waals surface area contributed by atoms with Crippen molar-refractivity contribution in [3.05, 3.63) is 18.2 Å². The van der Waals surface area contributed by atoms with Crippen LogP contribution in [-0.4, -0.2) is 47.9 Å². The summed E-state index contributed by atoms with van der Waals surface area (Å²) in [6.45, 7) is -0.649. The Labute approximate surface area is 119 Å². The number of aromatic nitrogens is 2. The summed E-state index contributed by atoms with van der Waals surface area (Å²) in [5, 5.41) is 11.4. The monoisotopic (exact) mass is 316 g/mol. The molecule has 0 saturated carbocycles. The number of fused-ring (bicyclic) bond motifs is 1. The maximum absolute atomic E-state index is 12.3. The number of sulfonamides is 1. The maximum atomic E-state index is 12.3. The lowest BCUT2D eigenvalue weighted by atomic mass is 10.3. The molecule has 1 aromatic carbocycles. The molecule has 1 aromatic heterocycles. The van der Waals surface area contributed by atoms with Gasteiger partial charge in [0, 0.05) is 7.05 Å². The van der Waals surface area contributed by atoms with Gasteiger partial charge in [-0.2, -0.15) is 13.5 Å². The number of hydrogen-bond donors (Lipinski definition) is 3. The second kappa shape index (κ2) is 5.79. The number of carbonyl (C=O) groups excluding carboxylic acids is 1. The van der Waals surface area contributed by atoms with Crippen LogP contribution < -0.4 is 10.0 Å². The molecule has 20 heavy (non-hydrogen) atoms. The molecule has 2 rings (SSSR count). The molecule has 1 atom stereocenters. The van der Waals surface area contributed by atoms with Gasteiger partial charge >= 0.3 is 0 Å². The fraction of sp³-hybridized carbons (Fsp3) is 0.300. The highest BCUT2D eigenvalue weighted by molar-refractivity contribution is 7.89. The van der Waals surface area contributed by atoms with Crippen molar-refractivity contribution in [2.45, 2.75) is 10.9 Å². The summed E-state index contributed by atoms with van der Waals surface area (Å²) in [7, 11) is -2.64.